The van der Waals surface area contributed by atoms with E-state index in [1.807, 2.05) is 6.92 Å². The average molecular weight is 490 g/mol. The lowest BCUT2D eigenvalue weighted by Gasteiger charge is -2.19. The first kappa shape index (κ1) is 24.7. The molecule has 5 atom stereocenters. The number of carbonyl (C=O) groups excluding carboxylic acids is 1. The molecule has 8 nitrogen and oxygen atoms in total. The number of ether oxygens (including phenoxy) is 5. The van der Waals surface area contributed by atoms with Crippen LogP contribution >= 0.6 is 0 Å². The number of carbonyl (C=O) groups is 1. The summed E-state index contributed by atoms with van der Waals surface area (Å²) in [7, 11) is 1.41. The van der Waals surface area contributed by atoms with Crippen LogP contribution in [0.15, 0.2) is 6.07 Å². The van der Waals surface area contributed by atoms with Gasteiger partial charge in [-0.05, 0) is 12.8 Å². The van der Waals surface area contributed by atoms with Crippen LogP contribution in [0.4, 0.5) is 17.6 Å². The van der Waals surface area contributed by atoms with E-state index in [9.17, 15) is 22.4 Å². The second-order valence-corrected chi connectivity index (χ2v) is 8.66. The Morgan fingerprint density at radius 3 is 2.56 bits per heavy atom. The topological polar surface area (TPSA) is 81.0 Å². The number of benzene rings is 1. The van der Waals surface area contributed by atoms with E-state index >= 15 is 0 Å². The Hall–Kier alpha value is -2.44. The molecule has 0 unspecified atom stereocenters. The number of hydrogen-bond donors (Lipinski definition) is 0. The van der Waals surface area contributed by atoms with Crippen molar-refractivity contribution in [2.75, 3.05) is 26.4 Å². The number of aromatic nitrogens is 2. The zero-order valence-corrected chi connectivity index (χ0v) is 18.9. The van der Waals surface area contributed by atoms with Crippen LogP contribution in [0.2, 0.25) is 0 Å². The van der Waals surface area contributed by atoms with Crippen LogP contribution in [-0.2, 0) is 26.1 Å². The van der Waals surface area contributed by atoms with E-state index in [-0.39, 0.29) is 48.1 Å². The molecule has 2 saturated heterocycles. The van der Waals surface area contributed by atoms with E-state index in [1.165, 1.54) is 18.5 Å². The number of halogens is 4. The van der Waals surface area contributed by atoms with Crippen molar-refractivity contribution in [1.82, 2.24) is 9.55 Å². The number of alkyl halides is 2. The van der Waals surface area contributed by atoms with Gasteiger partial charge in [-0.3, -0.25) is 4.57 Å². The fourth-order valence-electron chi connectivity index (χ4n) is 4.27. The number of rotatable bonds is 10. The third-order valence-electron chi connectivity index (χ3n) is 5.78. The molecule has 0 N–H and O–H groups in total. The van der Waals surface area contributed by atoms with E-state index in [1.54, 1.807) is 0 Å². The lowest BCUT2D eigenvalue weighted by Crippen LogP contribution is -2.36. The third kappa shape index (κ3) is 4.98. The van der Waals surface area contributed by atoms with E-state index in [0.29, 0.717) is 19.1 Å². The van der Waals surface area contributed by atoms with Gasteiger partial charge in [-0.15, -0.1) is 0 Å². The van der Waals surface area contributed by atoms with Crippen molar-refractivity contribution in [2.24, 2.45) is 13.0 Å². The summed E-state index contributed by atoms with van der Waals surface area (Å²) in [4.78, 5) is 15.3. The van der Waals surface area contributed by atoms with Crippen LogP contribution in [0.3, 0.4) is 0 Å². The molecule has 2 fully saturated rings. The van der Waals surface area contributed by atoms with Crippen molar-refractivity contribution < 1.29 is 46.0 Å². The van der Waals surface area contributed by atoms with Gasteiger partial charge >= 0.3 is 0 Å². The van der Waals surface area contributed by atoms with Gasteiger partial charge < -0.3 is 28.5 Å². The minimum atomic E-state index is -2.84. The van der Waals surface area contributed by atoms with Crippen molar-refractivity contribution in [1.29, 1.82) is 0 Å². The summed E-state index contributed by atoms with van der Waals surface area (Å²) < 4.78 is 83.5. The summed E-state index contributed by atoms with van der Waals surface area (Å²) in [6, 6.07) is 0.594. The van der Waals surface area contributed by atoms with Gasteiger partial charge in [0.25, 0.3) is 12.4 Å². The highest BCUT2D eigenvalue weighted by molar-refractivity contribution is 5.80. The molecule has 2 aliphatic heterocycles. The molecule has 188 valence electrons. The quantitative estimate of drug-likeness (QED) is 0.474. The molecule has 34 heavy (non-hydrogen) atoms. The molecule has 0 amide bonds. The van der Waals surface area contributed by atoms with Gasteiger partial charge in [-0.25, -0.2) is 17.6 Å². The van der Waals surface area contributed by atoms with E-state index < -0.39 is 48.7 Å². The fourth-order valence-corrected chi connectivity index (χ4v) is 4.27. The fraction of sp³-hybridized carbons (Fsp3) is 0.636. The first-order valence-electron chi connectivity index (χ1n) is 10.9. The van der Waals surface area contributed by atoms with Gasteiger partial charge in [-0.2, -0.15) is 4.98 Å². The predicted octanol–water partition coefficient (Wildman–Crippen LogP) is 3.04. The molecular weight excluding hydrogens is 464 g/mol. The van der Waals surface area contributed by atoms with Gasteiger partial charge in [0.05, 0.1) is 19.8 Å². The molecule has 2 aliphatic rings. The maximum absolute atomic E-state index is 14.8. The maximum Gasteiger partial charge on any atom is 0.297 e. The molecule has 0 radical (unpaired) electrons. The Morgan fingerprint density at radius 2 is 1.88 bits per heavy atom. The standard InChI is InChI=1S/C22H26F4N2O6/c1-10(4-11(2)29)6-30-14-7-32-21-15(8-33-20(14)21)34-22-27-18-12(23)5-13(31-9-16(24)25)17(26)19(18)28(22)3/h5,10,14-16,20-21H,4,6-9H2,1-3H3/t10-,14-,15-,20-,21-/m1/s1. The monoisotopic (exact) mass is 490 g/mol. The molecule has 0 saturated carbocycles. The Balaban J connectivity index is 1.45. The summed E-state index contributed by atoms with van der Waals surface area (Å²) in [5.74, 6) is -2.44. The molecule has 1 aromatic heterocycles. The number of Topliss-reactive ketones (excluding diaryl/α,β-unsaturated/α-hetero) is 1. The number of hydrogen-bond acceptors (Lipinski definition) is 7. The van der Waals surface area contributed by atoms with Crippen LogP contribution in [0.5, 0.6) is 11.8 Å². The van der Waals surface area contributed by atoms with Gasteiger partial charge in [0.2, 0.25) is 0 Å². The molecule has 0 aliphatic carbocycles. The Labute approximate surface area is 193 Å². The second-order valence-electron chi connectivity index (χ2n) is 8.66. The SMILES string of the molecule is CC(=O)C[C@@H](C)CO[C@@H]1CO[C@H]2[C@@H]1OC[C@H]2Oc1nc2c(F)cc(OCC(F)F)c(F)c2n1C. The zero-order valence-electron chi connectivity index (χ0n) is 18.9. The number of fused-ring (bicyclic) bond motifs is 2. The van der Waals surface area contributed by atoms with Gasteiger partial charge in [0.15, 0.2) is 23.5 Å². The number of ketones is 1. The molecule has 0 bridgehead atoms. The van der Waals surface area contributed by atoms with Crippen molar-refractivity contribution in [3.05, 3.63) is 17.7 Å². The molecule has 12 heteroatoms. The highest BCUT2D eigenvalue weighted by Gasteiger charge is 2.50. The average Bonchev–Trinajstić information content (AvgIpc) is 3.43. The normalized spacial score (nSPS) is 25.2. The Morgan fingerprint density at radius 1 is 1.21 bits per heavy atom. The van der Waals surface area contributed by atoms with E-state index in [2.05, 4.69) is 4.98 Å². The summed E-state index contributed by atoms with van der Waals surface area (Å²) in [5, 5.41) is 0. The second kappa shape index (κ2) is 10.0. The van der Waals surface area contributed by atoms with Gasteiger partial charge in [0, 0.05) is 19.5 Å². The van der Waals surface area contributed by atoms with Crippen LogP contribution in [0, 0.1) is 17.6 Å². The number of nitrogens with zero attached hydrogens (tertiary/aromatic N) is 2. The number of aryl methyl sites for hydroxylation is 1. The first-order valence-corrected chi connectivity index (χ1v) is 10.9. The van der Waals surface area contributed by atoms with E-state index in [0.717, 1.165) is 0 Å². The predicted molar refractivity (Wildman–Crippen MR) is 110 cm³/mol. The molecule has 0 spiro atoms. The third-order valence-corrected chi connectivity index (χ3v) is 5.78. The molecular formula is C22H26F4N2O6. The summed E-state index contributed by atoms with van der Waals surface area (Å²) in [6.07, 6.45) is -4.24. The smallest absolute Gasteiger partial charge is 0.297 e. The zero-order chi connectivity index (χ0) is 24.6. The van der Waals surface area contributed by atoms with Crippen molar-refractivity contribution in [3.63, 3.8) is 0 Å². The molecule has 1 aromatic carbocycles. The van der Waals surface area contributed by atoms with Crippen LogP contribution < -0.4 is 9.47 Å². The molecule has 4 rings (SSSR count). The maximum atomic E-state index is 14.8. The molecule has 3 heterocycles. The highest BCUT2D eigenvalue weighted by atomic mass is 19.3. The van der Waals surface area contributed by atoms with Crippen LogP contribution in [0.1, 0.15) is 20.3 Å². The summed E-state index contributed by atoms with van der Waals surface area (Å²) >= 11 is 0. The minimum absolute atomic E-state index is 0.0596. The Bertz CT molecular complexity index is 1050. The summed E-state index contributed by atoms with van der Waals surface area (Å²) in [5.41, 5.74) is -0.592. The summed E-state index contributed by atoms with van der Waals surface area (Å²) in [6.45, 7) is 3.19. The van der Waals surface area contributed by atoms with Crippen molar-refractivity contribution in [2.45, 2.75) is 51.1 Å². The minimum Gasteiger partial charge on any atom is -0.484 e. The van der Waals surface area contributed by atoms with Gasteiger partial charge in [-0.1, -0.05) is 6.92 Å². The molecule has 2 aromatic rings. The lowest BCUT2D eigenvalue weighted by atomic mass is 10.1. The van der Waals surface area contributed by atoms with Crippen LogP contribution in [-0.4, -0.2) is 72.6 Å². The number of imidazole rings is 1. The Kier molecular flexibility index (Phi) is 7.29. The highest BCUT2D eigenvalue weighted by Crippen LogP contribution is 2.35. The first-order chi connectivity index (χ1) is 16.2. The van der Waals surface area contributed by atoms with E-state index in [4.69, 9.17) is 23.7 Å². The largest absolute Gasteiger partial charge is 0.484 e. The van der Waals surface area contributed by atoms with Crippen molar-refractivity contribution in [3.8, 4) is 11.8 Å². The lowest BCUT2D eigenvalue weighted by molar-refractivity contribution is -0.118. The van der Waals surface area contributed by atoms with Crippen molar-refractivity contribution >= 4 is 16.8 Å². The van der Waals surface area contributed by atoms with Crippen LogP contribution in [0.25, 0.3) is 11.0 Å². The van der Waals surface area contributed by atoms with Gasteiger partial charge in [0.1, 0.15) is 41.7 Å².